The second-order valence-corrected chi connectivity index (χ2v) is 3.21. The van der Waals surface area contributed by atoms with Crippen LogP contribution in [0.1, 0.15) is 20.8 Å². The van der Waals surface area contributed by atoms with Gasteiger partial charge in [-0.15, -0.1) is 0 Å². The lowest BCUT2D eigenvalue weighted by Gasteiger charge is -2.22. The molecule has 0 spiro atoms. The molecular weight excluding hydrogens is 156 g/mol. The summed E-state index contributed by atoms with van der Waals surface area (Å²) in [7, 11) is 0. The molecule has 0 fully saturated rings. The van der Waals surface area contributed by atoms with Crippen molar-refractivity contribution in [3.8, 4) is 0 Å². The third kappa shape index (κ3) is 5.09. The maximum atomic E-state index is 10.9. The van der Waals surface area contributed by atoms with Crippen LogP contribution in [0.25, 0.3) is 0 Å². The molecule has 4 heteroatoms. The number of likely N-dealkylation sites (N-methyl/N-ethyl adjacent to an activating group) is 1. The molecule has 1 amide bonds. The zero-order valence-corrected chi connectivity index (χ0v) is 8.02. The fourth-order valence-electron chi connectivity index (χ4n) is 0.568. The van der Waals surface area contributed by atoms with Crippen molar-refractivity contribution in [2.75, 3.05) is 19.7 Å². The molecule has 0 heterocycles. The number of nitrogens with one attached hydrogen (secondary N) is 1. The van der Waals surface area contributed by atoms with Gasteiger partial charge < -0.3 is 15.8 Å². The highest BCUT2D eigenvalue weighted by molar-refractivity contribution is 5.77. The first-order valence-electron chi connectivity index (χ1n) is 4.12. The molecule has 0 unspecified atom stereocenters. The summed E-state index contributed by atoms with van der Waals surface area (Å²) in [5.74, 6) is -0.0981. The first-order valence-corrected chi connectivity index (χ1v) is 4.12. The first kappa shape index (κ1) is 11.4. The molecule has 0 aromatic carbocycles. The van der Waals surface area contributed by atoms with E-state index in [9.17, 15) is 4.79 Å². The number of hydrogen-bond acceptors (Lipinski definition) is 3. The van der Waals surface area contributed by atoms with Crippen molar-refractivity contribution in [1.29, 1.82) is 0 Å². The van der Waals surface area contributed by atoms with Crippen molar-refractivity contribution in [1.82, 2.24) is 5.32 Å². The average molecular weight is 174 g/mol. The van der Waals surface area contributed by atoms with Gasteiger partial charge in [-0.3, -0.25) is 4.79 Å². The highest BCUT2D eigenvalue weighted by atomic mass is 16.5. The summed E-state index contributed by atoms with van der Waals surface area (Å²) >= 11 is 0. The highest BCUT2D eigenvalue weighted by Gasteiger charge is 2.16. The van der Waals surface area contributed by atoms with Crippen molar-refractivity contribution in [2.24, 2.45) is 5.73 Å². The number of amides is 1. The fourth-order valence-corrected chi connectivity index (χ4v) is 0.568. The van der Waals surface area contributed by atoms with E-state index in [1.165, 1.54) is 0 Å². The molecule has 0 aliphatic heterocycles. The van der Waals surface area contributed by atoms with E-state index in [1.807, 2.05) is 20.8 Å². The Kier molecular flexibility index (Phi) is 4.85. The van der Waals surface area contributed by atoms with Crippen LogP contribution in [-0.2, 0) is 9.53 Å². The first-order chi connectivity index (χ1) is 5.52. The molecular formula is C8H18N2O2. The molecule has 0 radical (unpaired) electrons. The Balaban J connectivity index is 3.60. The lowest BCUT2D eigenvalue weighted by molar-refractivity contribution is -0.130. The van der Waals surface area contributed by atoms with Gasteiger partial charge in [-0.1, -0.05) is 0 Å². The molecule has 3 N–H and O–H groups in total. The standard InChI is InChI=1S/C8H18N2O2/c1-4-10-7(11)5-12-8(2,3)6-9/h4-6,9H2,1-3H3,(H,10,11). The van der Waals surface area contributed by atoms with E-state index in [0.29, 0.717) is 13.1 Å². The third-order valence-electron chi connectivity index (χ3n) is 1.46. The predicted molar refractivity (Wildman–Crippen MR) is 47.8 cm³/mol. The fraction of sp³-hybridized carbons (Fsp3) is 0.875. The van der Waals surface area contributed by atoms with Gasteiger partial charge in [0.25, 0.3) is 0 Å². The molecule has 72 valence electrons. The van der Waals surface area contributed by atoms with E-state index in [2.05, 4.69) is 5.32 Å². The normalized spacial score (nSPS) is 11.3. The summed E-state index contributed by atoms with van der Waals surface area (Å²) in [5.41, 5.74) is 5.00. The van der Waals surface area contributed by atoms with Gasteiger partial charge in [-0.05, 0) is 20.8 Å². The lowest BCUT2D eigenvalue weighted by atomic mass is 10.1. The zero-order valence-electron chi connectivity index (χ0n) is 8.02. The number of nitrogens with two attached hydrogens (primary N) is 1. The summed E-state index contributed by atoms with van der Waals surface area (Å²) < 4.78 is 5.26. The maximum absolute atomic E-state index is 10.9. The second kappa shape index (κ2) is 5.11. The Morgan fingerprint density at radius 1 is 1.58 bits per heavy atom. The number of carbonyl (C=O) groups excluding carboxylic acids is 1. The van der Waals surface area contributed by atoms with Gasteiger partial charge in [-0.2, -0.15) is 0 Å². The monoisotopic (exact) mass is 174 g/mol. The molecule has 0 aromatic heterocycles. The molecule has 0 atom stereocenters. The van der Waals surface area contributed by atoms with Crippen molar-refractivity contribution >= 4 is 5.91 Å². The summed E-state index contributed by atoms with van der Waals surface area (Å²) in [6, 6.07) is 0. The number of ether oxygens (including phenoxy) is 1. The van der Waals surface area contributed by atoms with Crippen LogP contribution in [0.3, 0.4) is 0 Å². The smallest absolute Gasteiger partial charge is 0.246 e. The summed E-state index contributed by atoms with van der Waals surface area (Å²) in [4.78, 5) is 10.9. The Labute approximate surface area is 73.5 Å². The number of hydrogen-bond donors (Lipinski definition) is 2. The van der Waals surface area contributed by atoms with Crippen molar-refractivity contribution < 1.29 is 9.53 Å². The molecule has 0 aliphatic rings. The number of carbonyl (C=O) groups is 1. The predicted octanol–water partition coefficient (Wildman–Crippen LogP) is -0.124. The molecule has 0 saturated heterocycles. The van der Waals surface area contributed by atoms with Crippen molar-refractivity contribution in [2.45, 2.75) is 26.4 Å². The molecule has 0 aliphatic carbocycles. The van der Waals surface area contributed by atoms with Crippen LogP contribution in [-0.4, -0.2) is 31.2 Å². The maximum Gasteiger partial charge on any atom is 0.246 e. The quantitative estimate of drug-likeness (QED) is 0.610. The molecule has 0 bridgehead atoms. The Hall–Kier alpha value is -0.610. The van der Waals surface area contributed by atoms with Crippen LogP contribution < -0.4 is 11.1 Å². The molecule has 4 nitrogen and oxygen atoms in total. The SMILES string of the molecule is CCNC(=O)COC(C)(C)CN. The summed E-state index contributed by atoms with van der Waals surface area (Å²) in [6.07, 6.45) is 0. The van der Waals surface area contributed by atoms with Gasteiger partial charge in [-0.25, -0.2) is 0 Å². The van der Waals surface area contributed by atoms with Crippen molar-refractivity contribution in [3.05, 3.63) is 0 Å². The number of rotatable bonds is 5. The van der Waals surface area contributed by atoms with E-state index in [-0.39, 0.29) is 12.5 Å². The minimum absolute atomic E-state index is 0.0814. The second-order valence-electron chi connectivity index (χ2n) is 3.21. The van der Waals surface area contributed by atoms with Crippen LogP contribution in [0.15, 0.2) is 0 Å². The van der Waals surface area contributed by atoms with Gasteiger partial charge in [0.05, 0.1) is 5.60 Å². The topological polar surface area (TPSA) is 64.3 Å². The zero-order chi connectivity index (χ0) is 9.61. The van der Waals surface area contributed by atoms with Crippen LogP contribution in [0.2, 0.25) is 0 Å². The Morgan fingerprint density at radius 2 is 2.17 bits per heavy atom. The van der Waals surface area contributed by atoms with E-state index in [1.54, 1.807) is 0 Å². The van der Waals surface area contributed by atoms with Gasteiger partial charge in [0.1, 0.15) is 6.61 Å². The minimum atomic E-state index is -0.412. The minimum Gasteiger partial charge on any atom is -0.364 e. The molecule has 12 heavy (non-hydrogen) atoms. The van der Waals surface area contributed by atoms with Crippen LogP contribution in [0.5, 0.6) is 0 Å². The van der Waals surface area contributed by atoms with E-state index >= 15 is 0 Å². The van der Waals surface area contributed by atoms with Crippen LogP contribution >= 0.6 is 0 Å². The Bertz CT molecular complexity index is 146. The molecule has 0 rings (SSSR count). The van der Waals surface area contributed by atoms with Crippen LogP contribution in [0, 0.1) is 0 Å². The average Bonchev–Trinajstić information content (AvgIpc) is 2.02. The summed E-state index contributed by atoms with van der Waals surface area (Å²) in [5, 5.41) is 2.64. The van der Waals surface area contributed by atoms with E-state index in [4.69, 9.17) is 10.5 Å². The van der Waals surface area contributed by atoms with Crippen molar-refractivity contribution in [3.63, 3.8) is 0 Å². The Morgan fingerprint density at radius 3 is 2.58 bits per heavy atom. The third-order valence-corrected chi connectivity index (χ3v) is 1.46. The largest absolute Gasteiger partial charge is 0.364 e. The van der Waals surface area contributed by atoms with Gasteiger partial charge in [0, 0.05) is 13.1 Å². The van der Waals surface area contributed by atoms with Gasteiger partial charge >= 0.3 is 0 Å². The highest BCUT2D eigenvalue weighted by Crippen LogP contribution is 2.04. The molecule has 0 aromatic rings. The van der Waals surface area contributed by atoms with Gasteiger partial charge in [0.15, 0.2) is 0 Å². The summed E-state index contributed by atoms with van der Waals surface area (Å²) in [6.45, 7) is 6.69. The van der Waals surface area contributed by atoms with E-state index in [0.717, 1.165) is 0 Å². The lowest BCUT2D eigenvalue weighted by Crippen LogP contribution is -2.38. The molecule has 0 saturated carbocycles. The van der Waals surface area contributed by atoms with Crippen LogP contribution in [0.4, 0.5) is 0 Å². The van der Waals surface area contributed by atoms with Gasteiger partial charge in [0.2, 0.25) is 5.91 Å². The van der Waals surface area contributed by atoms with E-state index < -0.39 is 5.60 Å².